The predicted molar refractivity (Wildman–Crippen MR) is 95.4 cm³/mol. The summed E-state index contributed by atoms with van der Waals surface area (Å²) in [5.74, 6) is -0.676. The van der Waals surface area contributed by atoms with E-state index in [4.69, 9.17) is 18.9 Å². The lowest BCUT2D eigenvalue weighted by Crippen LogP contribution is -2.49. The molecule has 4 rings (SSSR count). The van der Waals surface area contributed by atoms with Crippen LogP contribution in [0.3, 0.4) is 0 Å². The van der Waals surface area contributed by atoms with E-state index in [2.05, 4.69) is 5.32 Å². The van der Waals surface area contributed by atoms with Gasteiger partial charge in [-0.25, -0.2) is 0 Å². The Labute approximate surface area is 154 Å². The van der Waals surface area contributed by atoms with Crippen LogP contribution in [0.25, 0.3) is 0 Å². The third-order valence-corrected chi connectivity index (χ3v) is 5.18. The highest BCUT2D eigenvalue weighted by molar-refractivity contribution is 5.13. The molecular weight excluding hydrogens is 334 g/mol. The van der Waals surface area contributed by atoms with E-state index in [1.54, 1.807) is 0 Å². The van der Waals surface area contributed by atoms with Crippen molar-refractivity contribution >= 4 is 0 Å². The summed E-state index contributed by atoms with van der Waals surface area (Å²) in [6, 6.07) is 10.6. The Morgan fingerprint density at radius 1 is 1.23 bits per heavy atom. The fraction of sp³-hybridized carbons (Fsp3) is 0.700. The molecule has 2 N–H and O–H groups in total. The molecule has 1 aliphatic carbocycles. The molecule has 5 atom stereocenters. The molecule has 1 aromatic carbocycles. The Kier molecular flexibility index (Phi) is 5.32. The third kappa shape index (κ3) is 4.11. The molecule has 3 aliphatic rings. The first kappa shape index (κ1) is 18.3. The highest BCUT2D eigenvalue weighted by Crippen LogP contribution is 2.40. The zero-order valence-corrected chi connectivity index (χ0v) is 15.5. The maximum Gasteiger partial charge on any atom is 0.190 e. The van der Waals surface area contributed by atoms with Crippen LogP contribution in [-0.4, -0.2) is 54.2 Å². The summed E-state index contributed by atoms with van der Waals surface area (Å²) < 4.78 is 24.5. The topological polar surface area (TPSA) is 69.2 Å². The van der Waals surface area contributed by atoms with Gasteiger partial charge >= 0.3 is 0 Å². The fourth-order valence-electron chi connectivity index (χ4n) is 3.82. The average molecular weight is 363 g/mol. The Hall–Kier alpha value is -1.02. The van der Waals surface area contributed by atoms with Crippen LogP contribution < -0.4 is 5.32 Å². The first-order valence-corrected chi connectivity index (χ1v) is 9.59. The number of fused-ring (bicyclic) bond motifs is 1. The zero-order chi connectivity index (χ0) is 18.1. The van der Waals surface area contributed by atoms with Gasteiger partial charge < -0.3 is 29.4 Å². The Morgan fingerprint density at radius 3 is 2.69 bits per heavy atom. The highest BCUT2D eigenvalue weighted by Gasteiger charge is 2.57. The molecule has 0 radical (unpaired) electrons. The van der Waals surface area contributed by atoms with E-state index >= 15 is 0 Å². The van der Waals surface area contributed by atoms with Crippen LogP contribution in [0.1, 0.15) is 38.7 Å². The molecule has 2 aliphatic heterocycles. The van der Waals surface area contributed by atoms with Crippen molar-refractivity contribution in [3.63, 3.8) is 0 Å². The van der Waals surface area contributed by atoms with E-state index in [1.165, 1.54) is 12.8 Å². The molecule has 6 heteroatoms. The highest BCUT2D eigenvalue weighted by atomic mass is 16.8. The summed E-state index contributed by atoms with van der Waals surface area (Å²) in [7, 11) is 0. The lowest BCUT2D eigenvalue weighted by Gasteiger charge is -2.31. The van der Waals surface area contributed by atoms with Crippen LogP contribution in [0.2, 0.25) is 0 Å². The van der Waals surface area contributed by atoms with E-state index in [-0.39, 0.29) is 31.0 Å². The van der Waals surface area contributed by atoms with E-state index in [0.29, 0.717) is 19.1 Å². The van der Waals surface area contributed by atoms with Crippen LogP contribution in [0, 0.1) is 0 Å². The molecule has 3 fully saturated rings. The maximum absolute atomic E-state index is 9.51. The monoisotopic (exact) mass is 363 g/mol. The second-order valence-electron chi connectivity index (χ2n) is 7.89. The van der Waals surface area contributed by atoms with Crippen LogP contribution in [0.5, 0.6) is 0 Å². The van der Waals surface area contributed by atoms with Crippen molar-refractivity contribution in [1.82, 2.24) is 5.32 Å². The van der Waals surface area contributed by atoms with Crippen molar-refractivity contribution in [2.45, 2.75) is 82.2 Å². The van der Waals surface area contributed by atoms with Gasteiger partial charge in [-0.05, 0) is 38.7 Å². The quantitative estimate of drug-likeness (QED) is 0.736. The number of hydrogen-bond acceptors (Lipinski definition) is 6. The summed E-state index contributed by atoms with van der Waals surface area (Å²) >= 11 is 0. The van der Waals surface area contributed by atoms with E-state index in [0.717, 1.165) is 5.56 Å². The minimum atomic E-state index is -0.676. The number of nitrogens with one attached hydrogen (secondary N) is 1. The van der Waals surface area contributed by atoms with Crippen molar-refractivity contribution in [2.24, 2.45) is 0 Å². The number of aliphatic hydroxyl groups excluding tert-OH is 1. The van der Waals surface area contributed by atoms with Crippen LogP contribution >= 0.6 is 0 Å². The van der Waals surface area contributed by atoms with Crippen LogP contribution in [0.15, 0.2) is 30.3 Å². The van der Waals surface area contributed by atoms with Gasteiger partial charge in [0.05, 0.1) is 6.61 Å². The molecule has 0 aromatic heterocycles. The minimum Gasteiger partial charge on any atom is -0.396 e. The van der Waals surface area contributed by atoms with Gasteiger partial charge in [0.25, 0.3) is 0 Å². The van der Waals surface area contributed by atoms with Gasteiger partial charge in [0.1, 0.15) is 18.3 Å². The summed E-state index contributed by atoms with van der Waals surface area (Å²) in [4.78, 5) is 0. The second kappa shape index (κ2) is 7.54. The number of aliphatic hydroxyl groups is 1. The smallest absolute Gasteiger partial charge is 0.190 e. The average Bonchev–Trinajstić information content (AvgIpc) is 3.30. The molecule has 2 heterocycles. The van der Waals surface area contributed by atoms with Crippen molar-refractivity contribution in [2.75, 3.05) is 6.61 Å². The fourth-order valence-corrected chi connectivity index (χ4v) is 3.82. The Balaban J connectivity index is 1.49. The Bertz CT molecular complexity index is 591. The van der Waals surface area contributed by atoms with Gasteiger partial charge in [-0.3, -0.25) is 0 Å². The second-order valence-corrected chi connectivity index (χ2v) is 7.89. The number of benzene rings is 1. The molecule has 1 saturated carbocycles. The first-order chi connectivity index (χ1) is 12.6. The van der Waals surface area contributed by atoms with E-state index in [9.17, 15) is 5.11 Å². The lowest BCUT2D eigenvalue weighted by atomic mass is 10.0. The van der Waals surface area contributed by atoms with Gasteiger partial charge in [-0.1, -0.05) is 30.3 Å². The molecule has 0 amide bonds. The minimum absolute atomic E-state index is 0.0224. The molecule has 1 aromatic rings. The van der Waals surface area contributed by atoms with E-state index in [1.807, 2.05) is 44.2 Å². The number of rotatable bonds is 8. The lowest BCUT2D eigenvalue weighted by molar-refractivity contribution is -0.223. The van der Waals surface area contributed by atoms with Crippen molar-refractivity contribution in [3.05, 3.63) is 35.9 Å². The molecule has 144 valence electrons. The van der Waals surface area contributed by atoms with Gasteiger partial charge in [-0.2, -0.15) is 0 Å². The van der Waals surface area contributed by atoms with Crippen LogP contribution in [0.4, 0.5) is 0 Å². The van der Waals surface area contributed by atoms with Gasteiger partial charge in [0.15, 0.2) is 12.1 Å². The molecular formula is C20H29NO5. The molecule has 26 heavy (non-hydrogen) atoms. The third-order valence-electron chi connectivity index (χ3n) is 5.18. The number of hydrogen-bond donors (Lipinski definition) is 2. The maximum atomic E-state index is 9.51. The summed E-state index contributed by atoms with van der Waals surface area (Å²) in [5.41, 5.74) is 1.11. The molecule has 0 spiro atoms. The molecule has 6 nitrogen and oxygen atoms in total. The van der Waals surface area contributed by atoms with Crippen molar-refractivity contribution in [3.8, 4) is 0 Å². The first-order valence-electron chi connectivity index (χ1n) is 9.59. The zero-order valence-electron chi connectivity index (χ0n) is 15.5. The van der Waals surface area contributed by atoms with Gasteiger partial charge in [0.2, 0.25) is 0 Å². The van der Waals surface area contributed by atoms with Gasteiger partial charge in [-0.15, -0.1) is 0 Å². The van der Waals surface area contributed by atoms with Crippen molar-refractivity contribution < 1.29 is 24.1 Å². The molecule has 0 unspecified atom stereocenters. The predicted octanol–water partition coefficient (Wildman–Crippen LogP) is 1.95. The standard InChI is InChI=1S/C20H29NO5/c1-20(2)25-18-17(23-12-13-6-4-3-5-7-13)16(24-19(18)26-20)15(10-11-22)21-14-8-9-14/h3-7,14-19,21-22H,8-12H2,1-2H3/t15-,16+,17-,18+,19+/m0/s1. The number of ether oxygens (including phenoxy) is 4. The van der Waals surface area contributed by atoms with Crippen molar-refractivity contribution in [1.29, 1.82) is 0 Å². The Morgan fingerprint density at radius 2 is 2.00 bits per heavy atom. The van der Waals surface area contributed by atoms with Crippen LogP contribution in [-0.2, 0) is 25.6 Å². The normalized spacial score (nSPS) is 34.0. The summed E-state index contributed by atoms with van der Waals surface area (Å²) in [6.45, 7) is 4.39. The SMILES string of the molecule is CC1(C)O[C@H]2O[C@H]([C@H](CCO)NC3CC3)[C@H](OCc3ccccc3)[C@H]2O1. The van der Waals surface area contributed by atoms with E-state index < -0.39 is 12.1 Å². The summed E-state index contributed by atoms with van der Waals surface area (Å²) in [6.07, 6.45) is 1.82. The molecule has 2 saturated heterocycles. The summed E-state index contributed by atoms with van der Waals surface area (Å²) in [5, 5.41) is 13.1. The largest absolute Gasteiger partial charge is 0.396 e. The van der Waals surface area contributed by atoms with Gasteiger partial charge in [0, 0.05) is 18.7 Å². The molecule has 0 bridgehead atoms.